The highest BCUT2D eigenvalue weighted by Gasteiger charge is 2.16. The Kier molecular flexibility index (Phi) is 3.75. The number of hydrogen-bond donors (Lipinski definition) is 1. The van der Waals surface area contributed by atoms with Gasteiger partial charge in [-0.3, -0.25) is 0 Å². The van der Waals surface area contributed by atoms with Crippen LogP contribution in [0.1, 0.15) is 10.4 Å². The number of rotatable bonds is 3. The van der Waals surface area contributed by atoms with Crippen molar-refractivity contribution in [1.82, 2.24) is 9.97 Å². The Morgan fingerprint density at radius 2 is 1.62 bits per heavy atom. The minimum atomic E-state index is 0.859. The third-order valence-electron chi connectivity index (χ3n) is 4.12. The van der Waals surface area contributed by atoms with Gasteiger partial charge in [0.05, 0.1) is 5.39 Å². The first-order chi connectivity index (χ1) is 11.7. The van der Waals surface area contributed by atoms with Crippen molar-refractivity contribution in [3.05, 3.63) is 71.4 Å². The minimum absolute atomic E-state index is 0.859. The number of nitrogens with one attached hydrogen (secondary N) is 1. The molecule has 24 heavy (non-hydrogen) atoms. The van der Waals surface area contributed by atoms with Crippen LogP contribution in [0.5, 0.6) is 0 Å². The first-order valence-electron chi connectivity index (χ1n) is 7.86. The highest BCUT2D eigenvalue weighted by atomic mass is 32.1. The summed E-state index contributed by atoms with van der Waals surface area (Å²) in [6.07, 6.45) is 1.63. The van der Waals surface area contributed by atoms with Crippen LogP contribution in [0.3, 0.4) is 0 Å². The zero-order valence-electron chi connectivity index (χ0n) is 13.6. The summed E-state index contributed by atoms with van der Waals surface area (Å²) >= 11 is 1.71. The monoisotopic (exact) mass is 331 g/mol. The van der Waals surface area contributed by atoms with Crippen LogP contribution in [0.15, 0.2) is 60.9 Å². The maximum atomic E-state index is 4.53. The molecular formula is C20H17N3S. The van der Waals surface area contributed by atoms with Gasteiger partial charge >= 0.3 is 0 Å². The Balaban J connectivity index is 1.92. The summed E-state index contributed by atoms with van der Waals surface area (Å²) in [6, 6.07) is 18.7. The second-order valence-electron chi connectivity index (χ2n) is 5.74. The molecule has 0 saturated carbocycles. The van der Waals surface area contributed by atoms with Crippen molar-refractivity contribution in [1.29, 1.82) is 0 Å². The fraction of sp³-hybridized carbons (Fsp3) is 0.100. The average molecular weight is 331 g/mol. The average Bonchev–Trinajstić information content (AvgIpc) is 2.94. The number of aryl methyl sites for hydroxylation is 2. The van der Waals surface area contributed by atoms with E-state index in [1.165, 1.54) is 21.6 Å². The molecule has 0 bridgehead atoms. The third-order valence-corrected chi connectivity index (χ3v) is 5.14. The molecule has 2 heterocycles. The maximum absolute atomic E-state index is 4.53. The van der Waals surface area contributed by atoms with E-state index in [1.807, 2.05) is 18.2 Å². The van der Waals surface area contributed by atoms with Crippen molar-refractivity contribution < 1.29 is 0 Å². The zero-order valence-corrected chi connectivity index (χ0v) is 14.4. The topological polar surface area (TPSA) is 37.8 Å². The van der Waals surface area contributed by atoms with Gasteiger partial charge in [-0.25, -0.2) is 9.97 Å². The lowest BCUT2D eigenvalue weighted by Crippen LogP contribution is -1.97. The van der Waals surface area contributed by atoms with Gasteiger partial charge in [-0.15, -0.1) is 11.3 Å². The summed E-state index contributed by atoms with van der Waals surface area (Å²) in [6.45, 7) is 4.24. The molecule has 1 N–H and O–H groups in total. The van der Waals surface area contributed by atoms with Gasteiger partial charge in [-0.1, -0.05) is 48.5 Å². The molecule has 2 aromatic heterocycles. The number of thiophene rings is 1. The molecule has 0 spiro atoms. The molecule has 0 amide bonds. The van der Waals surface area contributed by atoms with E-state index in [-0.39, 0.29) is 0 Å². The molecule has 0 fully saturated rings. The van der Waals surface area contributed by atoms with Crippen LogP contribution in [0.4, 0.5) is 11.5 Å². The highest BCUT2D eigenvalue weighted by molar-refractivity contribution is 7.19. The van der Waals surface area contributed by atoms with Gasteiger partial charge in [-0.05, 0) is 31.0 Å². The SMILES string of the molecule is Cc1ccccc1Nc1ncnc2sc(C)c(-c3ccccc3)c12. The summed E-state index contributed by atoms with van der Waals surface area (Å²) in [4.78, 5) is 11.3. The molecule has 2 aromatic carbocycles. The Labute approximate surface area is 145 Å². The molecule has 0 aliphatic rings. The zero-order chi connectivity index (χ0) is 16.5. The maximum Gasteiger partial charge on any atom is 0.143 e. The number of nitrogens with zero attached hydrogens (tertiary/aromatic N) is 2. The molecule has 118 valence electrons. The van der Waals surface area contributed by atoms with E-state index in [9.17, 15) is 0 Å². The fourth-order valence-corrected chi connectivity index (χ4v) is 3.94. The number of aromatic nitrogens is 2. The smallest absolute Gasteiger partial charge is 0.143 e. The summed E-state index contributed by atoms with van der Waals surface area (Å²) in [7, 11) is 0. The fourth-order valence-electron chi connectivity index (χ4n) is 2.93. The van der Waals surface area contributed by atoms with Crippen LogP contribution in [-0.4, -0.2) is 9.97 Å². The van der Waals surface area contributed by atoms with Crippen LogP contribution in [0.2, 0.25) is 0 Å². The van der Waals surface area contributed by atoms with Crippen LogP contribution in [0, 0.1) is 13.8 Å². The minimum Gasteiger partial charge on any atom is -0.339 e. The number of fused-ring (bicyclic) bond motifs is 1. The van der Waals surface area contributed by atoms with E-state index in [4.69, 9.17) is 0 Å². The van der Waals surface area contributed by atoms with Gasteiger partial charge in [0.1, 0.15) is 17.0 Å². The molecule has 4 aromatic rings. The molecule has 4 rings (SSSR count). The molecule has 0 unspecified atom stereocenters. The first-order valence-corrected chi connectivity index (χ1v) is 8.68. The second kappa shape index (κ2) is 6.06. The molecular weight excluding hydrogens is 314 g/mol. The van der Waals surface area contributed by atoms with Crippen molar-refractivity contribution in [3.8, 4) is 11.1 Å². The third kappa shape index (κ3) is 2.55. The Hall–Kier alpha value is -2.72. The molecule has 0 aliphatic carbocycles. The van der Waals surface area contributed by atoms with Crippen molar-refractivity contribution in [2.24, 2.45) is 0 Å². The quantitative estimate of drug-likeness (QED) is 0.522. The number of para-hydroxylation sites is 1. The Morgan fingerprint density at radius 3 is 2.42 bits per heavy atom. The van der Waals surface area contributed by atoms with Gasteiger partial charge in [0.2, 0.25) is 0 Å². The predicted octanol–water partition coefficient (Wildman–Crippen LogP) is 5.72. The van der Waals surface area contributed by atoms with E-state index in [2.05, 4.69) is 65.5 Å². The van der Waals surface area contributed by atoms with E-state index in [0.717, 1.165) is 21.7 Å². The number of anilines is 2. The van der Waals surface area contributed by atoms with E-state index in [1.54, 1.807) is 17.7 Å². The van der Waals surface area contributed by atoms with Crippen molar-refractivity contribution in [2.75, 3.05) is 5.32 Å². The molecule has 3 nitrogen and oxygen atoms in total. The normalized spacial score (nSPS) is 10.9. The van der Waals surface area contributed by atoms with Crippen LogP contribution in [0.25, 0.3) is 21.3 Å². The second-order valence-corrected chi connectivity index (χ2v) is 6.94. The van der Waals surface area contributed by atoms with Crippen LogP contribution >= 0.6 is 11.3 Å². The largest absolute Gasteiger partial charge is 0.339 e. The number of hydrogen-bond acceptors (Lipinski definition) is 4. The Morgan fingerprint density at radius 1 is 0.875 bits per heavy atom. The van der Waals surface area contributed by atoms with Gasteiger partial charge < -0.3 is 5.32 Å². The predicted molar refractivity (Wildman–Crippen MR) is 102 cm³/mol. The first kappa shape index (κ1) is 14.8. The van der Waals surface area contributed by atoms with Crippen molar-refractivity contribution >= 4 is 33.1 Å². The van der Waals surface area contributed by atoms with Crippen LogP contribution in [-0.2, 0) is 0 Å². The standard InChI is InChI=1S/C20H17N3S/c1-13-8-6-7-11-16(13)23-19-18-17(15-9-4-3-5-10-15)14(2)24-20(18)22-12-21-19/h3-12H,1-2H3,(H,21,22,23). The summed E-state index contributed by atoms with van der Waals surface area (Å²) in [5.74, 6) is 0.859. The van der Waals surface area contributed by atoms with Gasteiger partial charge in [0, 0.05) is 16.1 Å². The van der Waals surface area contributed by atoms with Gasteiger partial charge in [0.25, 0.3) is 0 Å². The van der Waals surface area contributed by atoms with Gasteiger partial charge in [-0.2, -0.15) is 0 Å². The van der Waals surface area contributed by atoms with Crippen molar-refractivity contribution in [2.45, 2.75) is 13.8 Å². The molecule has 0 aliphatic heterocycles. The van der Waals surface area contributed by atoms with E-state index in [0.29, 0.717) is 0 Å². The molecule has 0 saturated heterocycles. The van der Waals surface area contributed by atoms with Crippen molar-refractivity contribution in [3.63, 3.8) is 0 Å². The molecule has 4 heteroatoms. The lowest BCUT2D eigenvalue weighted by molar-refractivity contribution is 1.23. The molecule has 0 atom stereocenters. The lowest BCUT2D eigenvalue weighted by Gasteiger charge is -2.11. The van der Waals surface area contributed by atoms with Gasteiger partial charge in [0.15, 0.2) is 0 Å². The lowest BCUT2D eigenvalue weighted by atomic mass is 10.0. The molecule has 0 radical (unpaired) electrons. The Bertz CT molecular complexity index is 1010. The summed E-state index contributed by atoms with van der Waals surface area (Å²) in [5, 5.41) is 4.59. The summed E-state index contributed by atoms with van der Waals surface area (Å²) < 4.78 is 0. The van der Waals surface area contributed by atoms with E-state index >= 15 is 0 Å². The van der Waals surface area contributed by atoms with Crippen LogP contribution < -0.4 is 5.32 Å². The number of benzene rings is 2. The highest BCUT2D eigenvalue weighted by Crippen LogP contribution is 2.41. The summed E-state index contributed by atoms with van der Waals surface area (Å²) in [5.41, 5.74) is 4.68. The van der Waals surface area contributed by atoms with E-state index < -0.39 is 0 Å².